The van der Waals surface area contributed by atoms with Crippen molar-refractivity contribution in [1.29, 1.82) is 0 Å². The van der Waals surface area contributed by atoms with Crippen LogP contribution < -0.4 is 5.73 Å². The second kappa shape index (κ2) is 4.02. The van der Waals surface area contributed by atoms with Crippen molar-refractivity contribution in [2.24, 2.45) is 12.8 Å². The van der Waals surface area contributed by atoms with Gasteiger partial charge in [0.15, 0.2) is 0 Å². The molecule has 2 heterocycles. The van der Waals surface area contributed by atoms with Gasteiger partial charge in [0.1, 0.15) is 5.69 Å². The summed E-state index contributed by atoms with van der Waals surface area (Å²) in [4.78, 5) is 13.8. The van der Waals surface area contributed by atoms with E-state index in [-0.39, 0.29) is 11.9 Å². The van der Waals surface area contributed by atoms with E-state index in [1.807, 2.05) is 4.90 Å². The number of nitrogens with two attached hydrogens (primary N) is 1. The van der Waals surface area contributed by atoms with Crippen molar-refractivity contribution in [2.45, 2.75) is 18.9 Å². The number of hydrogen-bond acceptors (Lipinski definition) is 3. The molecule has 0 bridgehead atoms. The molecule has 0 saturated carbocycles. The lowest BCUT2D eigenvalue weighted by Gasteiger charge is -2.30. The van der Waals surface area contributed by atoms with Gasteiger partial charge in [0.2, 0.25) is 0 Å². The molecule has 1 amide bonds. The third-order valence-corrected chi connectivity index (χ3v) is 2.79. The van der Waals surface area contributed by atoms with Crippen molar-refractivity contribution in [1.82, 2.24) is 14.7 Å². The molecule has 1 aliphatic heterocycles. The molecule has 0 spiro atoms. The summed E-state index contributed by atoms with van der Waals surface area (Å²) in [7, 11) is 1.77. The average Bonchev–Trinajstić information content (AvgIpc) is 2.63. The number of rotatable bonds is 1. The molecule has 0 aromatic carbocycles. The van der Waals surface area contributed by atoms with E-state index in [2.05, 4.69) is 5.10 Å². The summed E-state index contributed by atoms with van der Waals surface area (Å²) >= 11 is 0. The molecule has 1 aromatic rings. The molecule has 1 unspecified atom stereocenters. The SMILES string of the molecule is Cn1nccc1C(=O)N1CCCC(N)C1. The minimum atomic E-state index is 0.0325. The van der Waals surface area contributed by atoms with Gasteiger partial charge < -0.3 is 10.6 Å². The average molecular weight is 208 g/mol. The quantitative estimate of drug-likeness (QED) is 0.705. The number of carbonyl (C=O) groups excluding carboxylic acids is 1. The molecular formula is C10H16N4O. The van der Waals surface area contributed by atoms with Gasteiger partial charge in [-0.2, -0.15) is 5.10 Å². The van der Waals surface area contributed by atoms with Crippen LogP contribution in [0.25, 0.3) is 0 Å². The molecule has 1 fully saturated rings. The third kappa shape index (κ3) is 2.02. The zero-order valence-corrected chi connectivity index (χ0v) is 8.89. The molecule has 2 rings (SSSR count). The largest absolute Gasteiger partial charge is 0.336 e. The Morgan fingerprint density at radius 3 is 3.07 bits per heavy atom. The first-order valence-corrected chi connectivity index (χ1v) is 5.21. The van der Waals surface area contributed by atoms with Crippen LogP contribution in [0.15, 0.2) is 12.3 Å². The molecule has 0 aliphatic carbocycles. The van der Waals surface area contributed by atoms with Crippen LogP contribution in [0.2, 0.25) is 0 Å². The van der Waals surface area contributed by atoms with Gasteiger partial charge in [0.25, 0.3) is 5.91 Å². The smallest absolute Gasteiger partial charge is 0.272 e. The van der Waals surface area contributed by atoms with Crippen molar-refractivity contribution >= 4 is 5.91 Å². The number of aryl methyl sites for hydroxylation is 1. The van der Waals surface area contributed by atoms with Crippen LogP contribution in [0.3, 0.4) is 0 Å². The Morgan fingerprint density at radius 1 is 1.67 bits per heavy atom. The van der Waals surface area contributed by atoms with Gasteiger partial charge in [-0.15, -0.1) is 0 Å². The molecular weight excluding hydrogens is 192 g/mol. The highest BCUT2D eigenvalue weighted by Crippen LogP contribution is 2.11. The lowest BCUT2D eigenvalue weighted by molar-refractivity contribution is 0.0697. The van der Waals surface area contributed by atoms with Crippen LogP contribution in [-0.2, 0) is 7.05 Å². The molecule has 15 heavy (non-hydrogen) atoms. The highest BCUT2D eigenvalue weighted by molar-refractivity contribution is 5.92. The van der Waals surface area contributed by atoms with Crippen LogP contribution in [-0.4, -0.2) is 39.7 Å². The lowest BCUT2D eigenvalue weighted by atomic mass is 10.1. The van der Waals surface area contributed by atoms with E-state index >= 15 is 0 Å². The Morgan fingerprint density at radius 2 is 2.47 bits per heavy atom. The minimum Gasteiger partial charge on any atom is -0.336 e. The maximum Gasteiger partial charge on any atom is 0.272 e. The van der Waals surface area contributed by atoms with Gasteiger partial charge >= 0.3 is 0 Å². The van der Waals surface area contributed by atoms with E-state index in [9.17, 15) is 4.79 Å². The Labute approximate surface area is 88.8 Å². The molecule has 5 heteroatoms. The molecule has 5 nitrogen and oxygen atoms in total. The van der Waals surface area contributed by atoms with Crippen LogP contribution in [0.4, 0.5) is 0 Å². The number of likely N-dealkylation sites (tertiary alicyclic amines) is 1. The van der Waals surface area contributed by atoms with E-state index in [1.54, 1.807) is 24.0 Å². The molecule has 0 radical (unpaired) electrons. The summed E-state index contributed by atoms with van der Waals surface area (Å²) in [5.74, 6) is 0.0325. The first kappa shape index (κ1) is 10.2. The highest BCUT2D eigenvalue weighted by Gasteiger charge is 2.23. The fraction of sp³-hybridized carbons (Fsp3) is 0.600. The van der Waals surface area contributed by atoms with Crippen molar-refractivity contribution in [3.63, 3.8) is 0 Å². The van der Waals surface area contributed by atoms with Crippen molar-refractivity contribution < 1.29 is 4.79 Å². The number of carbonyl (C=O) groups is 1. The maximum atomic E-state index is 12.0. The highest BCUT2D eigenvalue weighted by atomic mass is 16.2. The van der Waals surface area contributed by atoms with E-state index < -0.39 is 0 Å². The molecule has 2 N–H and O–H groups in total. The second-order valence-electron chi connectivity index (χ2n) is 3.99. The summed E-state index contributed by atoms with van der Waals surface area (Å²) in [6.45, 7) is 1.46. The predicted molar refractivity (Wildman–Crippen MR) is 56.3 cm³/mol. The second-order valence-corrected chi connectivity index (χ2v) is 3.99. The third-order valence-electron chi connectivity index (χ3n) is 2.79. The normalized spacial score (nSPS) is 21.7. The van der Waals surface area contributed by atoms with Gasteiger partial charge in [-0.1, -0.05) is 0 Å². The van der Waals surface area contributed by atoms with Crippen LogP contribution >= 0.6 is 0 Å². The Bertz CT molecular complexity index is 360. The van der Waals surface area contributed by atoms with Crippen molar-refractivity contribution in [3.8, 4) is 0 Å². The van der Waals surface area contributed by atoms with Gasteiger partial charge in [-0.05, 0) is 18.9 Å². The number of hydrogen-bond donors (Lipinski definition) is 1. The summed E-state index contributed by atoms with van der Waals surface area (Å²) in [5, 5.41) is 3.99. The molecule has 1 atom stereocenters. The first-order chi connectivity index (χ1) is 7.18. The van der Waals surface area contributed by atoms with Gasteiger partial charge in [-0.25, -0.2) is 0 Å². The zero-order valence-electron chi connectivity index (χ0n) is 8.89. The number of amides is 1. The van der Waals surface area contributed by atoms with E-state index in [4.69, 9.17) is 5.73 Å². The topological polar surface area (TPSA) is 64.2 Å². The lowest BCUT2D eigenvalue weighted by Crippen LogP contribution is -2.46. The van der Waals surface area contributed by atoms with Gasteiger partial charge in [0, 0.05) is 32.4 Å². The minimum absolute atomic E-state index is 0.0325. The van der Waals surface area contributed by atoms with Crippen LogP contribution in [0.1, 0.15) is 23.3 Å². The fourth-order valence-electron chi connectivity index (χ4n) is 1.94. The first-order valence-electron chi connectivity index (χ1n) is 5.21. The van der Waals surface area contributed by atoms with E-state index in [0.29, 0.717) is 12.2 Å². The Balaban J connectivity index is 2.11. The number of aromatic nitrogens is 2. The summed E-state index contributed by atoms with van der Waals surface area (Å²) in [5.41, 5.74) is 6.47. The molecule has 1 saturated heterocycles. The zero-order chi connectivity index (χ0) is 10.8. The Kier molecular flexibility index (Phi) is 2.73. The van der Waals surface area contributed by atoms with Crippen molar-refractivity contribution in [2.75, 3.05) is 13.1 Å². The van der Waals surface area contributed by atoms with E-state index in [0.717, 1.165) is 19.4 Å². The van der Waals surface area contributed by atoms with Crippen molar-refractivity contribution in [3.05, 3.63) is 18.0 Å². The Hall–Kier alpha value is -1.36. The molecule has 82 valence electrons. The summed E-state index contributed by atoms with van der Waals surface area (Å²) < 4.78 is 1.60. The van der Waals surface area contributed by atoms with Crippen LogP contribution in [0.5, 0.6) is 0 Å². The van der Waals surface area contributed by atoms with Crippen LogP contribution in [0, 0.1) is 0 Å². The van der Waals surface area contributed by atoms with E-state index in [1.165, 1.54) is 0 Å². The maximum absolute atomic E-state index is 12.0. The van der Waals surface area contributed by atoms with Gasteiger partial charge in [-0.3, -0.25) is 9.48 Å². The number of piperidine rings is 1. The molecule has 1 aromatic heterocycles. The fourth-order valence-corrected chi connectivity index (χ4v) is 1.94. The number of nitrogens with zero attached hydrogens (tertiary/aromatic N) is 3. The predicted octanol–water partition coefficient (Wildman–Crippen LogP) is -0.0166. The van der Waals surface area contributed by atoms with Gasteiger partial charge in [0.05, 0.1) is 0 Å². The summed E-state index contributed by atoms with van der Waals surface area (Å²) in [6.07, 6.45) is 3.64. The molecule has 1 aliphatic rings. The standard InChI is InChI=1S/C10H16N4O/c1-13-9(4-5-12-13)10(15)14-6-2-3-8(11)7-14/h4-5,8H,2-3,6-7,11H2,1H3. The monoisotopic (exact) mass is 208 g/mol. The summed E-state index contributed by atoms with van der Waals surface area (Å²) in [6, 6.07) is 1.86.